The van der Waals surface area contributed by atoms with Crippen LogP contribution in [0.1, 0.15) is 25.3 Å². The summed E-state index contributed by atoms with van der Waals surface area (Å²) in [6.45, 7) is 3.94. The van der Waals surface area contributed by atoms with Crippen molar-refractivity contribution in [2.75, 3.05) is 19.8 Å². The first kappa shape index (κ1) is 14.5. The van der Waals surface area contributed by atoms with Crippen LogP contribution >= 0.6 is 0 Å². The molecule has 0 spiro atoms. The van der Waals surface area contributed by atoms with Gasteiger partial charge in [0.2, 0.25) is 10.0 Å². The molecule has 1 fully saturated rings. The molecule has 0 saturated carbocycles. The fraction of sp³-hybridized carbons (Fsp3) is 0.571. The van der Waals surface area contributed by atoms with Crippen molar-refractivity contribution >= 4 is 10.0 Å². The average molecular weight is 283 g/mol. The monoisotopic (exact) mass is 283 g/mol. The molecule has 2 rings (SSSR count). The third-order valence-electron chi connectivity index (χ3n) is 3.55. The Morgan fingerprint density at radius 2 is 1.95 bits per heavy atom. The third-order valence-corrected chi connectivity index (χ3v) is 5.07. The Morgan fingerprint density at radius 1 is 1.26 bits per heavy atom. The standard InChI is InChI=1S/C14H21NO3S/c1-2-13-5-3-4-6-14(13)19(16,17)15-11-12-7-9-18-10-8-12/h3-6,12,15H,2,7-11H2,1H3. The van der Waals surface area contributed by atoms with Crippen molar-refractivity contribution in [2.24, 2.45) is 5.92 Å². The number of sulfonamides is 1. The second-order valence-corrected chi connectivity index (χ2v) is 6.60. The molecule has 1 saturated heterocycles. The van der Waals surface area contributed by atoms with E-state index in [4.69, 9.17) is 4.74 Å². The Kier molecular flexibility index (Phi) is 4.96. The van der Waals surface area contributed by atoms with Crippen LogP contribution in [0.15, 0.2) is 29.2 Å². The summed E-state index contributed by atoms with van der Waals surface area (Å²) in [6, 6.07) is 7.17. The molecule has 1 aliphatic heterocycles. The number of rotatable bonds is 5. The fourth-order valence-corrected chi connectivity index (χ4v) is 3.74. The maximum Gasteiger partial charge on any atom is 0.240 e. The van der Waals surface area contributed by atoms with Crippen LogP contribution in [0.2, 0.25) is 0 Å². The number of hydrogen-bond donors (Lipinski definition) is 1. The first-order chi connectivity index (χ1) is 9.13. The average Bonchev–Trinajstić information content (AvgIpc) is 2.46. The van der Waals surface area contributed by atoms with Crippen LogP contribution in [0.5, 0.6) is 0 Å². The Labute approximate surface area is 115 Å². The van der Waals surface area contributed by atoms with Crippen LogP contribution < -0.4 is 4.72 Å². The molecule has 4 nitrogen and oxygen atoms in total. The first-order valence-corrected chi connectivity index (χ1v) is 8.27. The summed E-state index contributed by atoms with van der Waals surface area (Å²) in [6.07, 6.45) is 2.57. The second-order valence-electron chi connectivity index (χ2n) is 4.87. The molecule has 1 heterocycles. The van der Waals surface area contributed by atoms with E-state index in [1.54, 1.807) is 12.1 Å². The lowest BCUT2D eigenvalue weighted by Crippen LogP contribution is -2.32. The van der Waals surface area contributed by atoms with Gasteiger partial charge in [0.15, 0.2) is 0 Å². The summed E-state index contributed by atoms with van der Waals surface area (Å²) in [7, 11) is -3.39. The van der Waals surface area contributed by atoms with Gasteiger partial charge in [-0.05, 0) is 36.8 Å². The highest BCUT2D eigenvalue weighted by Gasteiger charge is 2.20. The van der Waals surface area contributed by atoms with Crippen LogP contribution in [-0.4, -0.2) is 28.2 Å². The van der Waals surface area contributed by atoms with Crippen molar-refractivity contribution < 1.29 is 13.2 Å². The molecular formula is C14H21NO3S. The van der Waals surface area contributed by atoms with Crippen LogP contribution in [0.25, 0.3) is 0 Å². The van der Waals surface area contributed by atoms with Gasteiger partial charge in [-0.25, -0.2) is 13.1 Å². The van der Waals surface area contributed by atoms with E-state index in [9.17, 15) is 8.42 Å². The number of ether oxygens (including phenoxy) is 1. The van der Waals surface area contributed by atoms with E-state index in [2.05, 4.69) is 4.72 Å². The highest BCUT2D eigenvalue weighted by atomic mass is 32.2. The van der Waals surface area contributed by atoms with Crippen LogP contribution in [-0.2, 0) is 21.2 Å². The topological polar surface area (TPSA) is 55.4 Å². The number of aryl methyl sites for hydroxylation is 1. The Bertz CT molecular complexity index is 507. The molecule has 19 heavy (non-hydrogen) atoms. The van der Waals surface area contributed by atoms with Gasteiger partial charge in [-0.3, -0.25) is 0 Å². The zero-order chi connectivity index (χ0) is 13.7. The normalized spacial score (nSPS) is 17.5. The molecule has 1 aliphatic rings. The highest BCUT2D eigenvalue weighted by Crippen LogP contribution is 2.18. The van der Waals surface area contributed by atoms with E-state index in [1.807, 2.05) is 19.1 Å². The lowest BCUT2D eigenvalue weighted by molar-refractivity contribution is 0.0678. The van der Waals surface area contributed by atoms with E-state index in [-0.39, 0.29) is 0 Å². The smallest absolute Gasteiger partial charge is 0.240 e. The predicted octanol–water partition coefficient (Wildman–Crippen LogP) is 1.95. The quantitative estimate of drug-likeness (QED) is 0.898. The van der Waals surface area contributed by atoms with Gasteiger partial charge in [0.05, 0.1) is 4.90 Å². The van der Waals surface area contributed by atoms with Crippen LogP contribution in [0, 0.1) is 5.92 Å². The van der Waals surface area contributed by atoms with E-state index in [0.29, 0.717) is 23.8 Å². The lowest BCUT2D eigenvalue weighted by atomic mass is 10.0. The van der Waals surface area contributed by atoms with E-state index in [0.717, 1.165) is 31.6 Å². The number of benzene rings is 1. The highest BCUT2D eigenvalue weighted by molar-refractivity contribution is 7.89. The number of nitrogens with one attached hydrogen (secondary N) is 1. The lowest BCUT2D eigenvalue weighted by Gasteiger charge is -2.22. The zero-order valence-corrected chi connectivity index (χ0v) is 12.1. The van der Waals surface area contributed by atoms with Gasteiger partial charge in [0.1, 0.15) is 0 Å². The van der Waals surface area contributed by atoms with Gasteiger partial charge in [0, 0.05) is 19.8 Å². The Hall–Kier alpha value is -0.910. The molecule has 1 N–H and O–H groups in total. The molecule has 5 heteroatoms. The summed E-state index contributed by atoms with van der Waals surface area (Å²) in [5.41, 5.74) is 0.863. The number of hydrogen-bond acceptors (Lipinski definition) is 3. The molecule has 0 aliphatic carbocycles. The SMILES string of the molecule is CCc1ccccc1S(=O)(=O)NCC1CCOCC1. The van der Waals surface area contributed by atoms with Crippen molar-refractivity contribution in [3.63, 3.8) is 0 Å². The summed E-state index contributed by atoms with van der Waals surface area (Å²) in [5, 5.41) is 0. The molecule has 0 radical (unpaired) electrons. The molecule has 0 amide bonds. The molecule has 1 aromatic rings. The molecular weight excluding hydrogens is 262 g/mol. The van der Waals surface area contributed by atoms with Gasteiger partial charge in [-0.2, -0.15) is 0 Å². The predicted molar refractivity (Wildman–Crippen MR) is 74.6 cm³/mol. The molecule has 0 atom stereocenters. The maximum atomic E-state index is 12.3. The summed E-state index contributed by atoms with van der Waals surface area (Å²) in [5.74, 6) is 0.386. The van der Waals surface area contributed by atoms with Crippen molar-refractivity contribution in [2.45, 2.75) is 31.1 Å². The summed E-state index contributed by atoms with van der Waals surface area (Å²) < 4.78 is 32.6. The summed E-state index contributed by atoms with van der Waals surface area (Å²) in [4.78, 5) is 0.407. The largest absolute Gasteiger partial charge is 0.381 e. The summed E-state index contributed by atoms with van der Waals surface area (Å²) >= 11 is 0. The molecule has 0 aromatic heterocycles. The van der Waals surface area contributed by atoms with Gasteiger partial charge >= 0.3 is 0 Å². The van der Waals surface area contributed by atoms with Gasteiger partial charge in [-0.1, -0.05) is 25.1 Å². The minimum Gasteiger partial charge on any atom is -0.381 e. The molecule has 106 valence electrons. The molecule has 0 bridgehead atoms. The van der Waals surface area contributed by atoms with Crippen molar-refractivity contribution in [1.82, 2.24) is 4.72 Å². The van der Waals surface area contributed by atoms with E-state index in [1.165, 1.54) is 0 Å². The minimum atomic E-state index is -3.39. The first-order valence-electron chi connectivity index (χ1n) is 6.79. The third kappa shape index (κ3) is 3.78. The molecule has 0 unspecified atom stereocenters. The van der Waals surface area contributed by atoms with Gasteiger partial charge in [-0.15, -0.1) is 0 Å². The Balaban J connectivity index is 2.05. The van der Waals surface area contributed by atoms with E-state index >= 15 is 0 Å². The van der Waals surface area contributed by atoms with Crippen molar-refractivity contribution in [3.05, 3.63) is 29.8 Å². The van der Waals surface area contributed by atoms with Crippen LogP contribution in [0.4, 0.5) is 0 Å². The van der Waals surface area contributed by atoms with E-state index < -0.39 is 10.0 Å². The fourth-order valence-electron chi connectivity index (χ4n) is 2.31. The zero-order valence-electron chi connectivity index (χ0n) is 11.3. The van der Waals surface area contributed by atoms with Crippen molar-refractivity contribution in [3.8, 4) is 0 Å². The molecule has 1 aromatic carbocycles. The minimum absolute atomic E-state index is 0.386. The maximum absolute atomic E-state index is 12.3. The van der Waals surface area contributed by atoms with Gasteiger partial charge in [0.25, 0.3) is 0 Å². The van der Waals surface area contributed by atoms with Crippen LogP contribution in [0.3, 0.4) is 0 Å². The van der Waals surface area contributed by atoms with Crippen molar-refractivity contribution in [1.29, 1.82) is 0 Å². The second kappa shape index (κ2) is 6.50. The van der Waals surface area contributed by atoms with Gasteiger partial charge < -0.3 is 4.74 Å². The Morgan fingerprint density at radius 3 is 2.63 bits per heavy atom.